The zero-order valence-electron chi connectivity index (χ0n) is 33.2. The quantitative estimate of drug-likeness (QED) is 0.144. The second kappa shape index (κ2) is 16.2. The maximum absolute atomic E-state index is 7.14. The van der Waals surface area contributed by atoms with E-state index >= 15 is 0 Å². The molecule has 272 valence electrons. The van der Waals surface area contributed by atoms with Crippen molar-refractivity contribution in [3.63, 3.8) is 0 Å². The van der Waals surface area contributed by atoms with Gasteiger partial charge in [-0.2, -0.15) is 0 Å². The maximum atomic E-state index is 7.14. The molecule has 0 atom stereocenters. The van der Waals surface area contributed by atoms with Crippen LogP contribution in [0.5, 0.6) is 0 Å². The summed E-state index contributed by atoms with van der Waals surface area (Å²) in [7, 11) is -8.39. The zero-order chi connectivity index (χ0) is 36.1. The van der Waals surface area contributed by atoms with Crippen LogP contribution in [0.4, 0.5) is 0 Å². The van der Waals surface area contributed by atoms with Crippen LogP contribution in [0.25, 0.3) is 0 Å². The second-order valence-electron chi connectivity index (χ2n) is 18.4. The third-order valence-electron chi connectivity index (χ3n) is 4.27. The Hall–Kier alpha value is 0.748. The topological polar surface area (TPSA) is 92.3 Å². The van der Waals surface area contributed by atoms with Crippen LogP contribution in [-0.2, 0) is 57.3 Å². The van der Waals surface area contributed by atoms with E-state index in [4.69, 9.17) is 39.2 Å². The van der Waals surface area contributed by atoms with Crippen molar-refractivity contribution in [2.24, 2.45) is 11.8 Å². The first-order chi connectivity index (χ1) is 19.5. The fourth-order valence-corrected chi connectivity index (χ4v) is 17.1. The number of hydrogen-bond acceptors (Lipinski definition) is 10. The zero-order valence-corrected chi connectivity index (χ0v) is 36.7. The summed E-state index contributed by atoms with van der Waals surface area (Å²) in [5.41, 5.74) is -4.37. The Labute approximate surface area is 285 Å². The summed E-state index contributed by atoms with van der Waals surface area (Å²) >= 11 is -5.16. The molecule has 45 heavy (non-hydrogen) atoms. The minimum atomic E-state index is -5.16. The summed E-state index contributed by atoms with van der Waals surface area (Å²) < 4.78 is 68.2. The van der Waals surface area contributed by atoms with Crippen molar-refractivity contribution in [1.82, 2.24) is 0 Å². The first-order valence-electron chi connectivity index (χ1n) is 16.4. The molecule has 0 unspecified atom stereocenters. The van der Waals surface area contributed by atoms with Crippen LogP contribution in [0.1, 0.15) is 152 Å². The Bertz CT molecular complexity index is 720. The molecule has 0 aliphatic heterocycles. The van der Waals surface area contributed by atoms with E-state index < -0.39 is 69.8 Å². The molecule has 0 aliphatic carbocycles. The summed E-state index contributed by atoms with van der Waals surface area (Å²) in [4.78, 5) is 0. The molecule has 10 nitrogen and oxygen atoms in total. The Balaban J connectivity index is 7.98. The fraction of sp³-hybridized carbons (Fsp3) is 1.00. The molecule has 0 aromatic carbocycles. The molecule has 0 saturated carbocycles. The average molecular weight is 721 g/mol. The van der Waals surface area contributed by atoms with Crippen LogP contribution in [0, 0.1) is 11.8 Å². The van der Waals surface area contributed by atoms with Gasteiger partial charge in [-0.1, -0.05) is 0 Å². The Kier molecular flexibility index (Phi) is 16.5. The number of hydrogen-bond donors (Lipinski definition) is 0. The molecular weight excluding hydrogens is 648 g/mol. The molecule has 0 rings (SSSR count). The van der Waals surface area contributed by atoms with Gasteiger partial charge in [-0.3, -0.25) is 0 Å². The molecule has 0 bridgehead atoms. The van der Waals surface area contributed by atoms with Crippen molar-refractivity contribution >= 4 is 18.1 Å². The van der Waals surface area contributed by atoms with Gasteiger partial charge < -0.3 is 0 Å². The van der Waals surface area contributed by atoms with Crippen LogP contribution in [0.3, 0.4) is 0 Å². The van der Waals surface area contributed by atoms with Gasteiger partial charge in [0.15, 0.2) is 0 Å². The fourth-order valence-electron chi connectivity index (χ4n) is 3.52. The monoisotopic (exact) mass is 720 g/mol. The van der Waals surface area contributed by atoms with E-state index in [0.717, 1.165) is 0 Å². The molecule has 0 spiro atoms. The predicted octanol–water partition coefficient (Wildman–Crippen LogP) is 8.94. The number of rotatable bonds is 16. The first-order valence-corrected chi connectivity index (χ1v) is 22.2. The van der Waals surface area contributed by atoms with E-state index in [0.29, 0.717) is 0 Å². The molecule has 0 saturated heterocycles. The molecule has 0 radical (unpaired) electrons. The molecule has 0 amide bonds. The molecule has 0 aromatic heterocycles. The van der Waals surface area contributed by atoms with Crippen molar-refractivity contribution in [3.05, 3.63) is 0 Å². The van der Waals surface area contributed by atoms with Gasteiger partial charge in [0, 0.05) is 0 Å². The van der Waals surface area contributed by atoms with Crippen LogP contribution >= 0.6 is 0 Å². The summed E-state index contributed by atoms with van der Waals surface area (Å²) in [6, 6.07) is 0. The molecule has 0 aliphatic rings. The van der Waals surface area contributed by atoms with E-state index in [1.807, 2.05) is 125 Å². The van der Waals surface area contributed by atoms with Gasteiger partial charge in [0.2, 0.25) is 0 Å². The molecule has 0 fully saturated rings. The van der Waals surface area contributed by atoms with Crippen molar-refractivity contribution in [3.8, 4) is 0 Å². The predicted molar refractivity (Wildman–Crippen MR) is 180 cm³/mol. The van der Waals surface area contributed by atoms with Gasteiger partial charge in [0.1, 0.15) is 0 Å². The average Bonchev–Trinajstić information content (AvgIpc) is 2.61. The van der Waals surface area contributed by atoms with Crippen molar-refractivity contribution in [2.45, 2.75) is 186 Å². The van der Waals surface area contributed by atoms with Crippen molar-refractivity contribution in [2.75, 3.05) is 13.2 Å². The third kappa shape index (κ3) is 22.2. The van der Waals surface area contributed by atoms with Crippen molar-refractivity contribution < 1.29 is 57.3 Å². The summed E-state index contributed by atoms with van der Waals surface area (Å²) in [6.45, 7) is 43.6. The van der Waals surface area contributed by atoms with Gasteiger partial charge in [0.05, 0.1) is 0 Å². The Morgan fingerprint density at radius 1 is 0.378 bits per heavy atom. The molecule has 0 heterocycles. The second-order valence-corrected chi connectivity index (χ2v) is 26.4. The van der Waals surface area contributed by atoms with Crippen LogP contribution < -0.4 is 0 Å². The summed E-state index contributed by atoms with van der Waals surface area (Å²) in [5.74, 6) is 0.228. The summed E-state index contributed by atoms with van der Waals surface area (Å²) in [6.07, 6.45) is 0. The van der Waals surface area contributed by atoms with Crippen LogP contribution in [0.15, 0.2) is 0 Å². The molecule has 0 aromatic rings. The van der Waals surface area contributed by atoms with Gasteiger partial charge in [0.25, 0.3) is 0 Å². The summed E-state index contributed by atoms with van der Waals surface area (Å²) in [5, 5.41) is 0. The minimum absolute atomic E-state index is 0.114. The standard InChI is InChI=1S/2C12H27O4Si.2C4H9O.Ti/c2*1-10(2,3)14-17(13,15-11(4,5)6)16-12(7,8)9;2*1-4(2)3-5;/h2*1-9H3;2*4H,3H2,1-2H3;/q4*-1;+4. The van der Waals surface area contributed by atoms with E-state index in [9.17, 15) is 0 Å². The van der Waals surface area contributed by atoms with E-state index in [1.54, 1.807) is 0 Å². The van der Waals surface area contributed by atoms with E-state index in [-0.39, 0.29) is 25.0 Å². The van der Waals surface area contributed by atoms with Crippen molar-refractivity contribution in [1.29, 1.82) is 0 Å². The normalized spacial score (nSPS) is 15.5. The van der Waals surface area contributed by atoms with Gasteiger partial charge in [-0.15, -0.1) is 0 Å². The SMILES string of the molecule is CC(C)C[O][Ti]([O]CC(C)C)([O][Si](OC(C)(C)C)(OC(C)(C)C)OC(C)(C)C)[O][Si](OC(C)(C)C)(OC(C)(C)C)OC(C)(C)C. The third-order valence-corrected chi connectivity index (χ3v) is 16.8. The molecule has 0 N–H and O–H groups in total. The van der Waals surface area contributed by atoms with Crippen LogP contribution in [0.2, 0.25) is 0 Å². The molecule has 13 heteroatoms. The van der Waals surface area contributed by atoms with Crippen LogP contribution in [-0.4, -0.2) is 64.9 Å². The van der Waals surface area contributed by atoms with E-state index in [1.165, 1.54) is 0 Å². The Morgan fingerprint density at radius 3 is 0.689 bits per heavy atom. The van der Waals surface area contributed by atoms with Gasteiger partial charge in [-0.05, 0) is 0 Å². The van der Waals surface area contributed by atoms with E-state index in [2.05, 4.69) is 27.7 Å². The molecular formula is C32H72O10Si2Ti. The van der Waals surface area contributed by atoms with Gasteiger partial charge in [-0.25, -0.2) is 0 Å². The Morgan fingerprint density at radius 2 is 0.556 bits per heavy atom. The van der Waals surface area contributed by atoms with Gasteiger partial charge >= 0.3 is 286 Å². The first kappa shape index (κ1) is 45.7.